The van der Waals surface area contributed by atoms with Gasteiger partial charge in [0.05, 0.1) is 23.4 Å². The summed E-state index contributed by atoms with van der Waals surface area (Å²) >= 11 is 0. The minimum atomic E-state index is -0.371. The Morgan fingerprint density at radius 1 is 1.09 bits per heavy atom. The van der Waals surface area contributed by atoms with Crippen molar-refractivity contribution in [2.24, 2.45) is 0 Å². The molecule has 0 fully saturated rings. The van der Waals surface area contributed by atoms with E-state index in [9.17, 15) is 18.8 Å². The van der Waals surface area contributed by atoms with Gasteiger partial charge in [0.15, 0.2) is 0 Å². The fourth-order valence-electron chi connectivity index (χ4n) is 3.76. The molecule has 2 N–H and O–H groups in total. The normalized spacial score (nSPS) is 13.0. The van der Waals surface area contributed by atoms with E-state index in [1.165, 1.54) is 25.2 Å². The Balaban J connectivity index is 1.24. The van der Waals surface area contributed by atoms with Crippen LogP contribution in [0.2, 0.25) is 0 Å². The van der Waals surface area contributed by atoms with Crippen LogP contribution in [-0.2, 0) is 11.2 Å². The van der Waals surface area contributed by atoms with Crippen LogP contribution in [0.3, 0.4) is 0 Å². The first-order chi connectivity index (χ1) is 15.8. The van der Waals surface area contributed by atoms with Crippen molar-refractivity contribution in [3.05, 3.63) is 71.2 Å². The molecule has 0 spiro atoms. The highest BCUT2D eigenvalue weighted by molar-refractivity contribution is 6.21. The Morgan fingerprint density at radius 3 is 2.58 bits per heavy atom. The summed E-state index contributed by atoms with van der Waals surface area (Å²) in [5.41, 5.74) is 3.70. The van der Waals surface area contributed by atoms with Gasteiger partial charge in [-0.2, -0.15) is 5.10 Å². The number of H-pyrrole nitrogens is 1. The van der Waals surface area contributed by atoms with Crippen LogP contribution in [0.5, 0.6) is 0 Å². The Labute approximate surface area is 190 Å². The summed E-state index contributed by atoms with van der Waals surface area (Å²) in [6, 6.07) is 12.8. The number of nitrogens with one attached hydrogen (secondary N) is 2. The Bertz CT molecular complexity index is 1210. The third kappa shape index (κ3) is 4.98. The lowest BCUT2D eigenvalue weighted by molar-refractivity contribution is -0.117. The van der Waals surface area contributed by atoms with Gasteiger partial charge in [-0.3, -0.25) is 29.3 Å². The molecule has 8 nitrogen and oxygen atoms in total. The van der Waals surface area contributed by atoms with Crippen molar-refractivity contribution in [1.29, 1.82) is 0 Å². The lowest BCUT2D eigenvalue weighted by Gasteiger charge is -2.16. The third-order valence-corrected chi connectivity index (χ3v) is 5.54. The topological polar surface area (TPSA) is 98.4 Å². The van der Waals surface area contributed by atoms with E-state index < -0.39 is 0 Å². The SMILES string of the molecule is CN(CCCc1cc(-c2ccc(F)cc2)n[nH]1)CC(=O)Nc1ccc2c(c1)C(=O)N(C)C2=O. The second-order valence-corrected chi connectivity index (χ2v) is 8.10. The predicted octanol–water partition coefficient (Wildman–Crippen LogP) is 2.94. The first-order valence-electron chi connectivity index (χ1n) is 10.6. The molecule has 0 unspecified atom stereocenters. The average molecular weight is 449 g/mol. The number of imide groups is 1. The van der Waals surface area contributed by atoms with Crippen molar-refractivity contribution >= 4 is 23.4 Å². The number of hydrogen-bond donors (Lipinski definition) is 2. The van der Waals surface area contributed by atoms with Gasteiger partial charge in [0.1, 0.15) is 5.82 Å². The molecule has 0 radical (unpaired) electrons. The highest BCUT2D eigenvalue weighted by atomic mass is 19.1. The zero-order chi connectivity index (χ0) is 23.5. The zero-order valence-corrected chi connectivity index (χ0v) is 18.4. The number of likely N-dealkylation sites (N-methyl/N-ethyl adjacent to an activating group) is 1. The van der Waals surface area contributed by atoms with Gasteiger partial charge in [-0.25, -0.2) is 4.39 Å². The number of anilines is 1. The second kappa shape index (κ2) is 9.33. The Kier molecular flexibility index (Phi) is 6.32. The van der Waals surface area contributed by atoms with E-state index in [0.717, 1.165) is 34.7 Å². The van der Waals surface area contributed by atoms with Gasteiger partial charge in [-0.1, -0.05) is 0 Å². The number of nitrogens with zero attached hydrogens (tertiary/aromatic N) is 3. The molecule has 170 valence electrons. The number of hydrogen-bond acceptors (Lipinski definition) is 5. The smallest absolute Gasteiger partial charge is 0.261 e. The van der Waals surface area contributed by atoms with Gasteiger partial charge >= 0.3 is 0 Å². The summed E-state index contributed by atoms with van der Waals surface area (Å²) in [6.45, 7) is 0.883. The lowest BCUT2D eigenvalue weighted by atomic mass is 10.1. The molecular formula is C24H24FN5O3. The fraction of sp³-hybridized carbons (Fsp3) is 0.250. The van der Waals surface area contributed by atoms with Gasteiger partial charge in [0, 0.05) is 24.0 Å². The van der Waals surface area contributed by atoms with Crippen molar-refractivity contribution in [2.45, 2.75) is 12.8 Å². The first-order valence-corrected chi connectivity index (χ1v) is 10.6. The number of aromatic amines is 1. The molecule has 1 aromatic heterocycles. The van der Waals surface area contributed by atoms with Crippen LogP contribution in [-0.4, -0.2) is 64.9 Å². The Hall–Kier alpha value is -3.85. The van der Waals surface area contributed by atoms with Gasteiger partial charge in [-0.15, -0.1) is 0 Å². The average Bonchev–Trinajstić information content (AvgIpc) is 3.34. The maximum atomic E-state index is 13.1. The molecule has 33 heavy (non-hydrogen) atoms. The van der Waals surface area contributed by atoms with Crippen LogP contribution in [0.1, 0.15) is 32.8 Å². The summed E-state index contributed by atoms with van der Waals surface area (Å²) in [4.78, 5) is 39.4. The molecule has 0 saturated carbocycles. The van der Waals surface area contributed by atoms with Crippen LogP contribution in [0.25, 0.3) is 11.3 Å². The fourth-order valence-corrected chi connectivity index (χ4v) is 3.76. The van der Waals surface area contributed by atoms with Crippen LogP contribution in [0.4, 0.5) is 10.1 Å². The molecule has 3 aromatic rings. The lowest BCUT2D eigenvalue weighted by Crippen LogP contribution is -2.31. The number of carbonyl (C=O) groups is 3. The molecule has 1 aliphatic rings. The van der Waals surface area contributed by atoms with Gasteiger partial charge in [-0.05, 0) is 75.0 Å². The maximum absolute atomic E-state index is 13.1. The highest BCUT2D eigenvalue weighted by Gasteiger charge is 2.32. The molecule has 0 saturated heterocycles. The Morgan fingerprint density at radius 2 is 1.82 bits per heavy atom. The van der Waals surface area contributed by atoms with Crippen LogP contribution < -0.4 is 5.32 Å². The van der Waals surface area contributed by atoms with E-state index in [4.69, 9.17) is 0 Å². The molecule has 2 heterocycles. The van der Waals surface area contributed by atoms with Crippen molar-refractivity contribution in [1.82, 2.24) is 20.0 Å². The van der Waals surface area contributed by atoms with Crippen LogP contribution >= 0.6 is 0 Å². The van der Waals surface area contributed by atoms with Gasteiger partial charge in [0.2, 0.25) is 5.91 Å². The number of amides is 3. The largest absolute Gasteiger partial charge is 0.325 e. The number of aromatic nitrogens is 2. The standard InChI is InChI=1S/C24H24FN5O3/c1-29(11-3-4-18-13-21(28-27-18)15-5-7-16(25)8-6-15)14-22(31)26-17-9-10-19-20(12-17)24(33)30(2)23(19)32/h5-10,12-13H,3-4,11,14H2,1-2H3,(H,26,31)(H,27,28). The van der Waals surface area contributed by atoms with Gasteiger partial charge in [0.25, 0.3) is 11.8 Å². The molecule has 9 heteroatoms. The molecule has 0 aliphatic carbocycles. The van der Waals surface area contributed by atoms with E-state index in [0.29, 0.717) is 23.4 Å². The number of fused-ring (bicyclic) bond motifs is 1. The molecule has 1 aliphatic heterocycles. The number of halogens is 1. The summed E-state index contributed by atoms with van der Waals surface area (Å²) in [5, 5.41) is 10.1. The minimum Gasteiger partial charge on any atom is -0.325 e. The molecule has 4 rings (SSSR count). The second-order valence-electron chi connectivity index (χ2n) is 8.10. The van der Waals surface area contributed by atoms with E-state index in [-0.39, 0.29) is 30.1 Å². The van der Waals surface area contributed by atoms with Crippen LogP contribution in [0, 0.1) is 5.82 Å². The zero-order valence-electron chi connectivity index (χ0n) is 18.4. The quantitative estimate of drug-likeness (QED) is 0.516. The molecule has 3 amide bonds. The number of aryl methyl sites for hydroxylation is 1. The van der Waals surface area contributed by atoms with Gasteiger partial charge < -0.3 is 5.32 Å². The summed E-state index contributed by atoms with van der Waals surface area (Å²) in [7, 11) is 3.29. The first kappa shape index (κ1) is 22.3. The number of carbonyl (C=O) groups excluding carboxylic acids is 3. The van der Waals surface area contributed by atoms with Crippen molar-refractivity contribution in [3.8, 4) is 11.3 Å². The molecule has 0 bridgehead atoms. The highest BCUT2D eigenvalue weighted by Crippen LogP contribution is 2.24. The van der Waals surface area contributed by atoms with E-state index in [2.05, 4.69) is 15.5 Å². The van der Waals surface area contributed by atoms with Crippen molar-refractivity contribution < 1.29 is 18.8 Å². The van der Waals surface area contributed by atoms with Crippen molar-refractivity contribution in [3.63, 3.8) is 0 Å². The van der Waals surface area contributed by atoms with E-state index >= 15 is 0 Å². The molecular weight excluding hydrogens is 425 g/mol. The van der Waals surface area contributed by atoms with Crippen molar-refractivity contribution in [2.75, 3.05) is 32.5 Å². The minimum absolute atomic E-state index is 0.188. The number of rotatable bonds is 8. The number of benzene rings is 2. The van der Waals surface area contributed by atoms with E-state index in [1.54, 1.807) is 24.3 Å². The molecule has 2 aromatic carbocycles. The molecule has 0 atom stereocenters. The summed E-state index contributed by atoms with van der Waals surface area (Å²) in [5.74, 6) is -1.20. The maximum Gasteiger partial charge on any atom is 0.261 e. The van der Waals surface area contributed by atoms with E-state index in [1.807, 2.05) is 18.0 Å². The summed E-state index contributed by atoms with van der Waals surface area (Å²) in [6.07, 6.45) is 1.57. The predicted molar refractivity (Wildman–Crippen MR) is 121 cm³/mol. The summed E-state index contributed by atoms with van der Waals surface area (Å²) < 4.78 is 13.1. The monoisotopic (exact) mass is 449 g/mol. The van der Waals surface area contributed by atoms with Crippen LogP contribution in [0.15, 0.2) is 48.5 Å². The third-order valence-electron chi connectivity index (χ3n) is 5.54.